The second kappa shape index (κ2) is 6.47. The largest absolute Gasteiger partial charge is 0.464 e. The summed E-state index contributed by atoms with van der Waals surface area (Å²) in [7, 11) is 1.73. The van der Waals surface area contributed by atoms with Crippen LogP contribution in [0.4, 0.5) is 11.9 Å². The van der Waals surface area contributed by atoms with Crippen molar-refractivity contribution in [3.05, 3.63) is 12.2 Å². The van der Waals surface area contributed by atoms with Gasteiger partial charge in [-0.2, -0.15) is 19.9 Å². The fourth-order valence-corrected chi connectivity index (χ4v) is 1.33. The molecule has 0 spiro atoms. The monoisotopic (exact) mass is 265 g/mol. The van der Waals surface area contributed by atoms with Crippen LogP contribution >= 0.6 is 0 Å². The van der Waals surface area contributed by atoms with Gasteiger partial charge in [0.05, 0.1) is 6.61 Å². The number of hydrogen-bond donors (Lipinski definition) is 2. The second-order valence-electron chi connectivity index (χ2n) is 3.46. The Kier molecular flexibility index (Phi) is 4.43. The van der Waals surface area contributed by atoms with Crippen molar-refractivity contribution in [1.82, 2.24) is 25.1 Å². The van der Waals surface area contributed by atoms with E-state index in [4.69, 9.17) is 9.26 Å². The lowest BCUT2D eigenvalue weighted by atomic mass is 10.4. The van der Waals surface area contributed by atoms with Crippen LogP contribution in [0.1, 0.15) is 12.8 Å². The molecular weight excluding hydrogens is 250 g/mol. The average molecular weight is 265 g/mol. The molecule has 19 heavy (non-hydrogen) atoms. The maximum atomic E-state index is 5.26. The van der Waals surface area contributed by atoms with Gasteiger partial charge in [0.15, 0.2) is 6.33 Å². The number of nitrogens with one attached hydrogen (secondary N) is 2. The molecule has 0 aliphatic heterocycles. The SMILES string of the molecule is CCOc1nc(NC)nc(NCCc2ncno2)n1. The Balaban J connectivity index is 1.96. The van der Waals surface area contributed by atoms with Crippen molar-refractivity contribution in [3.8, 4) is 6.01 Å². The fraction of sp³-hybridized carbons (Fsp3) is 0.500. The maximum absolute atomic E-state index is 5.26. The summed E-state index contributed by atoms with van der Waals surface area (Å²) in [5, 5.41) is 9.42. The van der Waals surface area contributed by atoms with Crippen LogP contribution in [0.3, 0.4) is 0 Å². The highest BCUT2D eigenvalue weighted by molar-refractivity contribution is 5.35. The topological polar surface area (TPSA) is 111 Å². The third-order valence-electron chi connectivity index (χ3n) is 2.14. The Labute approximate surface area is 109 Å². The molecule has 9 nitrogen and oxygen atoms in total. The van der Waals surface area contributed by atoms with Gasteiger partial charge in [0.2, 0.25) is 17.8 Å². The first-order chi connectivity index (χ1) is 9.31. The molecule has 2 aromatic rings. The first-order valence-electron chi connectivity index (χ1n) is 5.88. The molecule has 0 aliphatic rings. The van der Waals surface area contributed by atoms with Crippen LogP contribution in [0.2, 0.25) is 0 Å². The number of ether oxygens (including phenoxy) is 1. The van der Waals surface area contributed by atoms with E-state index in [1.54, 1.807) is 7.05 Å². The Morgan fingerprint density at radius 1 is 1.26 bits per heavy atom. The van der Waals surface area contributed by atoms with E-state index in [1.807, 2.05) is 6.92 Å². The van der Waals surface area contributed by atoms with Crippen LogP contribution in [-0.4, -0.2) is 45.3 Å². The summed E-state index contributed by atoms with van der Waals surface area (Å²) in [5.74, 6) is 1.43. The number of aromatic nitrogens is 5. The second-order valence-corrected chi connectivity index (χ2v) is 3.46. The van der Waals surface area contributed by atoms with Crippen LogP contribution in [0.15, 0.2) is 10.9 Å². The lowest BCUT2D eigenvalue weighted by Gasteiger charge is -2.07. The van der Waals surface area contributed by atoms with Crippen molar-refractivity contribution in [2.75, 3.05) is 30.8 Å². The van der Waals surface area contributed by atoms with E-state index >= 15 is 0 Å². The molecule has 0 aliphatic carbocycles. The minimum atomic E-state index is 0.280. The fourth-order valence-electron chi connectivity index (χ4n) is 1.33. The van der Waals surface area contributed by atoms with Crippen molar-refractivity contribution in [2.24, 2.45) is 0 Å². The minimum absolute atomic E-state index is 0.280. The quantitative estimate of drug-likeness (QED) is 0.732. The molecule has 0 unspecified atom stereocenters. The molecule has 9 heteroatoms. The Bertz CT molecular complexity index is 503. The van der Waals surface area contributed by atoms with Gasteiger partial charge in [0.25, 0.3) is 0 Å². The summed E-state index contributed by atoms with van der Waals surface area (Å²) >= 11 is 0. The van der Waals surface area contributed by atoms with Gasteiger partial charge in [-0.3, -0.25) is 0 Å². The first kappa shape index (κ1) is 13.0. The molecule has 2 heterocycles. The number of anilines is 2. The van der Waals surface area contributed by atoms with Crippen LogP contribution in [-0.2, 0) is 6.42 Å². The van der Waals surface area contributed by atoms with E-state index in [9.17, 15) is 0 Å². The van der Waals surface area contributed by atoms with E-state index in [2.05, 4.69) is 35.7 Å². The molecular formula is C10H15N7O2. The van der Waals surface area contributed by atoms with Crippen molar-refractivity contribution >= 4 is 11.9 Å². The summed E-state index contributed by atoms with van der Waals surface area (Å²) in [5.41, 5.74) is 0. The van der Waals surface area contributed by atoms with Gasteiger partial charge in [0.1, 0.15) is 0 Å². The van der Waals surface area contributed by atoms with Crippen molar-refractivity contribution in [2.45, 2.75) is 13.3 Å². The highest BCUT2D eigenvalue weighted by Gasteiger charge is 2.06. The molecule has 0 amide bonds. The van der Waals surface area contributed by atoms with Crippen molar-refractivity contribution in [3.63, 3.8) is 0 Å². The first-order valence-corrected chi connectivity index (χ1v) is 5.88. The molecule has 2 aromatic heterocycles. The predicted molar refractivity (Wildman–Crippen MR) is 67.0 cm³/mol. The smallest absolute Gasteiger partial charge is 0.323 e. The van der Waals surface area contributed by atoms with Crippen LogP contribution in [0, 0.1) is 0 Å². The molecule has 0 bridgehead atoms. The van der Waals surface area contributed by atoms with Gasteiger partial charge in [0, 0.05) is 20.0 Å². The third kappa shape index (κ3) is 3.76. The summed E-state index contributed by atoms with van der Waals surface area (Å²) < 4.78 is 10.1. The van der Waals surface area contributed by atoms with E-state index in [1.165, 1.54) is 6.33 Å². The van der Waals surface area contributed by atoms with Crippen molar-refractivity contribution < 1.29 is 9.26 Å². The molecule has 0 atom stereocenters. The standard InChI is InChI=1S/C10H15N7O2/c1-3-18-10-16-8(11-2)15-9(17-10)12-5-4-7-13-6-14-19-7/h6H,3-5H2,1-2H3,(H2,11,12,15,16,17). The van der Waals surface area contributed by atoms with E-state index in [-0.39, 0.29) is 6.01 Å². The molecule has 0 radical (unpaired) electrons. The highest BCUT2D eigenvalue weighted by atomic mass is 16.5. The number of nitrogens with zero attached hydrogens (tertiary/aromatic N) is 5. The highest BCUT2D eigenvalue weighted by Crippen LogP contribution is 2.10. The summed E-state index contributed by atoms with van der Waals surface area (Å²) in [6, 6.07) is 0.280. The van der Waals surface area contributed by atoms with Gasteiger partial charge in [-0.15, -0.1) is 0 Å². The van der Waals surface area contributed by atoms with E-state index in [0.29, 0.717) is 37.4 Å². The Morgan fingerprint density at radius 2 is 2.11 bits per heavy atom. The lowest BCUT2D eigenvalue weighted by molar-refractivity contribution is 0.312. The van der Waals surface area contributed by atoms with Gasteiger partial charge in [-0.25, -0.2) is 0 Å². The Hall–Kier alpha value is -2.45. The zero-order valence-corrected chi connectivity index (χ0v) is 10.8. The van der Waals surface area contributed by atoms with Gasteiger partial charge in [-0.05, 0) is 6.92 Å². The predicted octanol–water partition coefficient (Wildman–Crippen LogP) is 0.350. The molecule has 0 fully saturated rings. The third-order valence-corrected chi connectivity index (χ3v) is 2.14. The number of hydrogen-bond acceptors (Lipinski definition) is 9. The zero-order valence-electron chi connectivity index (χ0n) is 10.8. The van der Waals surface area contributed by atoms with Crippen LogP contribution < -0.4 is 15.4 Å². The lowest BCUT2D eigenvalue weighted by Crippen LogP contribution is -2.11. The van der Waals surface area contributed by atoms with Gasteiger partial charge < -0.3 is 19.9 Å². The van der Waals surface area contributed by atoms with E-state index in [0.717, 1.165) is 0 Å². The molecule has 102 valence electrons. The molecule has 2 rings (SSSR count). The van der Waals surface area contributed by atoms with E-state index < -0.39 is 0 Å². The van der Waals surface area contributed by atoms with Crippen molar-refractivity contribution in [1.29, 1.82) is 0 Å². The average Bonchev–Trinajstić information content (AvgIpc) is 2.92. The molecule has 0 saturated carbocycles. The molecule has 0 saturated heterocycles. The normalized spacial score (nSPS) is 10.2. The summed E-state index contributed by atoms with van der Waals surface area (Å²) in [6.45, 7) is 2.93. The van der Waals surface area contributed by atoms with Crippen LogP contribution in [0.5, 0.6) is 6.01 Å². The van der Waals surface area contributed by atoms with Gasteiger partial charge >= 0.3 is 6.01 Å². The molecule has 0 aromatic carbocycles. The zero-order chi connectivity index (χ0) is 13.5. The van der Waals surface area contributed by atoms with Crippen LogP contribution in [0.25, 0.3) is 0 Å². The Morgan fingerprint density at radius 3 is 2.79 bits per heavy atom. The summed E-state index contributed by atoms with van der Waals surface area (Å²) in [4.78, 5) is 16.3. The summed E-state index contributed by atoms with van der Waals surface area (Å²) in [6.07, 6.45) is 1.95. The van der Waals surface area contributed by atoms with Gasteiger partial charge in [-0.1, -0.05) is 5.16 Å². The maximum Gasteiger partial charge on any atom is 0.323 e. The number of rotatable bonds is 7. The minimum Gasteiger partial charge on any atom is -0.464 e. The molecule has 2 N–H and O–H groups in total.